The van der Waals surface area contributed by atoms with E-state index in [9.17, 15) is 0 Å². The fraction of sp³-hybridized carbons (Fsp3) is 1.00. The van der Waals surface area contributed by atoms with Crippen molar-refractivity contribution in [2.75, 3.05) is 0 Å². The Morgan fingerprint density at radius 2 is 2.05 bits per heavy atom. The van der Waals surface area contributed by atoms with Gasteiger partial charge in [0.2, 0.25) is 0 Å². The van der Waals surface area contributed by atoms with Crippen molar-refractivity contribution in [3.8, 4) is 0 Å². The van der Waals surface area contributed by atoms with E-state index in [1.165, 1.54) is 12.8 Å². The van der Waals surface area contributed by atoms with Gasteiger partial charge in [0.05, 0.1) is 17.0 Å². The van der Waals surface area contributed by atoms with Crippen LogP contribution in [-0.4, -0.2) is 24.1 Å². The Morgan fingerprint density at radius 3 is 2.68 bits per heavy atom. The molecule has 0 unspecified atom stereocenters. The van der Waals surface area contributed by atoms with Crippen molar-refractivity contribution in [3.63, 3.8) is 0 Å². The largest absolute Gasteiger partial charge is 0.476 e. The molecule has 2 nitrogen and oxygen atoms in total. The number of rotatable bonds is 4. The van der Waals surface area contributed by atoms with E-state index in [0.29, 0.717) is 11.3 Å². The van der Waals surface area contributed by atoms with Gasteiger partial charge in [-0.1, -0.05) is 33.6 Å². The molecule has 0 aromatic carbocycles. The van der Waals surface area contributed by atoms with Crippen molar-refractivity contribution in [1.29, 1.82) is 0 Å². The Hall–Kier alpha value is 0.275. The van der Waals surface area contributed by atoms with Gasteiger partial charge >= 0.3 is 7.12 Å². The second-order valence-electron chi connectivity index (χ2n) is 7.50. The first-order chi connectivity index (χ1) is 8.89. The van der Waals surface area contributed by atoms with Crippen molar-refractivity contribution >= 4 is 18.7 Å². The third-order valence-electron chi connectivity index (χ3n) is 6.10. The fourth-order valence-corrected chi connectivity index (χ4v) is 4.85. The summed E-state index contributed by atoms with van der Waals surface area (Å²) in [6.45, 7) is 9.22. The molecule has 4 rings (SSSR count). The van der Waals surface area contributed by atoms with Crippen molar-refractivity contribution in [1.82, 2.24) is 0 Å². The summed E-state index contributed by atoms with van der Waals surface area (Å²) in [7, 11) is -0.196. The molecule has 108 valence electrons. The zero-order chi connectivity index (χ0) is 13.8. The maximum atomic E-state index is 6.48. The molecule has 1 heterocycles. The minimum atomic E-state index is -0.196. The summed E-state index contributed by atoms with van der Waals surface area (Å²) in [4.78, 5) is 0. The van der Waals surface area contributed by atoms with Crippen LogP contribution in [0.4, 0.5) is 0 Å². The van der Waals surface area contributed by atoms with Gasteiger partial charge in [-0.2, -0.15) is 0 Å². The van der Waals surface area contributed by atoms with Gasteiger partial charge in [-0.15, -0.1) is 11.6 Å². The molecule has 0 aromatic heterocycles. The van der Waals surface area contributed by atoms with E-state index in [2.05, 4.69) is 27.7 Å². The molecule has 4 aliphatic rings. The molecule has 0 amide bonds. The van der Waals surface area contributed by atoms with Gasteiger partial charge in [-0.3, -0.25) is 0 Å². The van der Waals surface area contributed by atoms with Gasteiger partial charge in [0.1, 0.15) is 0 Å². The quantitative estimate of drug-likeness (QED) is 0.573. The summed E-state index contributed by atoms with van der Waals surface area (Å²) in [5.74, 6) is 1.44. The molecule has 19 heavy (non-hydrogen) atoms. The molecule has 2 bridgehead atoms. The Labute approximate surface area is 122 Å². The topological polar surface area (TPSA) is 18.5 Å². The van der Waals surface area contributed by atoms with Gasteiger partial charge in [-0.05, 0) is 43.4 Å². The first kappa shape index (κ1) is 14.2. The molecule has 1 aliphatic heterocycles. The van der Waals surface area contributed by atoms with Crippen LogP contribution < -0.4 is 0 Å². The fourth-order valence-electron chi connectivity index (χ4n) is 4.59. The molecular formula is C15H26BClO2. The summed E-state index contributed by atoms with van der Waals surface area (Å²) >= 11 is 6.48. The lowest BCUT2D eigenvalue weighted by Crippen LogP contribution is -2.65. The van der Waals surface area contributed by atoms with E-state index in [0.717, 1.165) is 25.2 Å². The molecule has 0 spiro atoms. The summed E-state index contributed by atoms with van der Waals surface area (Å²) in [6.07, 6.45) is 6.02. The molecular weight excluding hydrogens is 258 g/mol. The van der Waals surface area contributed by atoms with E-state index >= 15 is 0 Å². The van der Waals surface area contributed by atoms with Crippen LogP contribution in [0.5, 0.6) is 0 Å². The second kappa shape index (κ2) is 4.64. The van der Waals surface area contributed by atoms with E-state index in [1.807, 2.05) is 0 Å². The molecule has 5 atom stereocenters. The zero-order valence-corrected chi connectivity index (χ0v) is 13.4. The van der Waals surface area contributed by atoms with Gasteiger partial charge in [0.25, 0.3) is 0 Å². The molecule has 4 heteroatoms. The number of halogens is 1. The third-order valence-corrected chi connectivity index (χ3v) is 6.52. The lowest BCUT2D eigenvalue weighted by atomic mass is 9.43. The molecule has 0 aromatic rings. The highest BCUT2D eigenvalue weighted by atomic mass is 35.5. The first-order valence-electron chi connectivity index (χ1n) is 7.87. The highest BCUT2D eigenvalue weighted by Gasteiger charge is 2.68. The van der Waals surface area contributed by atoms with Crippen molar-refractivity contribution in [2.24, 2.45) is 17.3 Å². The van der Waals surface area contributed by atoms with Crippen LogP contribution in [0, 0.1) is 17.3 Å². The van der Waals surface area contributed by atoms with Crippen LogP contribution in [0.25, 0.3) is 0 Å². The molecule has 3 aliphatic carbocycles. The van der Waals surface area contributed by atoms with E-state index in [-0.39, 0.29) is 24.1 Å². The van der Waals surface area contributed by atoms with E-state index in [1.54, 1.807) is 0 Å². The van der Waals surface area contributed by atoms with E-state index in [4.69, 9.17) is 20.9 Å². The minimum absolute atomic E-state index is 0.00249. The lowest BCUT2D eigenvalue weighted by Gasteiger charge is -2.64. The average Bonchev–Trinajstić information content (AvgIpc) is 2.72. The average molecular weight is 285 g/mol. The summed E-state index contributed by atoms with van der Waals surface area (Å²) in [6, 6.07) is 0. The maximum Gasteiger partial charge on any atom is 0.476 e. The maximum absolute atomic E-state index is 6.48. The lowest BCUT2D eigenvalue weighted by molar-refractivity contribution is -0.199. The molecule has 0 N–H and O–H groups in total. The third kappa shape index (κ3) is 1.99. The van der Waals surface area contributed by atoms with Crippen LogP contribution in [0.1, 0.15) is 59.8 Å². The Balaban J connectivity index is 1.70. The highest BCUT2D eigenvalue weighted by molar-refractivity contribution is 6.59. The van der Waals surface area contributed by atoms with Crippen LogP contribution in [0.2, 0.25) is 0 Å². The highest BCUT2D eigenvalue weighted by Crippen LogP contribution is 2.65. The number of unbranched alkanes of at least 4 members (excludes halogenated alkanes) is 1. The predicted molar refractivity (Wildman–Crippen MR) is 79.3 cm³/mol. The van der Waals surface area contributed by atoms with Crippen LogP contribution in [-0.2, 0) is 9.31 Å². The normalized spacial score (nSPS) is 44.7. The Kier molecular flexibility index (Phi) is 3.47. The van der Waals surface area contributed by atoms with Gasteiger partial charge in [-0.25, -0.2) is 0 Å². The first-order valence-corrected chi connectivity index (χ1v) is 8.30. The van der Waals surface area contributed by atoms with Crippen LogP contribution >= 0.6 is 11.6 Å². The SMILES string of the molecule is CCCC[C@@H](Cl)B1O[C@@H]2C[C@@H]3C[C@@H](C3(C)C)[C@]2(C)O1. The van der Waals surface area contributed by atoms with Crippen molar-refractivity contribution in [2.45, 2.75) is 76.8 Å². The second-order valence-corrected chi connectivity index (χ2v) is 8.06. The monoisotopic (exact) mass is 284 g/mol. The number of alkyl halides is 1. The zero-order valence-electron chi connectivity index (χ0n) is 12.6. The standard InChI is InChI=1S/C15H26BClO2/c1-5-6-7-13(17)16-18-12-9-10-8-11(14(10,2)3)15(12,4)19-16/h10-13H,5-9H2,1-4H3/t10-,11-,12+,13+,15-/m0/s1. The van der Waals surface area contributed by atoms with E-state index < -0.39 is 0 Å². The number of hydrogen-bond donors (Lipinski definition) is 0. The van der Waals surface area contributed by atoms with Gasteiger partial charge in [0.15, 0.2) is 0 Å². The molecule has 0 radical (unpaired) electrons. The van der Waals surface area contributed by atoms with Crippen LogP contribution in [0.3, 0.4) is 0 Å². The molecule has 4 fully saturated rings. The molecule has 3 saturated carbocycles. The van der Waals surface area contributed by atoms with Gasteiger partial charge in [0, 0.05) is 0 Å². The summed E-state index contributed by atoms with van der Waals surface area (Å²) in [5, 5.41) is 0.00249. The summed E-state index contributed by atoms with van der Waals surface area (Å²) < 4.78 is 12.5. The van der Waals surface area contributed by atoms with Crippen molar-refractivity contribution < 1.29 is 9.31 Å². The number of hydrogen-bond acceptors (Lipinski definition) is 2. The Morgan fingerprint density at radius 1 is 1.32 bits per heavy atom. The van der Waals surface area contributed by atoms with Crippen molar-refractivity contribution in [3.05, 3.63) is 0 Å². The van der Waals surface area contributed by atoms with Gasteiger partial charge < -0.3 is 9.31 Å². The Bertz CT molecular complexity index is 362. The summed E-state index contributed by atoms with van der Waals surface area (Å²) in [5.41, 5.74) is 0.303. The minimum Gasteiger partial charge on any atom is -0.404 e. The smallest absolute Gasteiger partial charge is 0.404 e. The van der Waals surface area contributed by atoms with Crippen LogP contribution in [0.15, 0.2) is 0 Å². The molecule has 1 saturated heterocycles. The predicted octanol–water partition coefficient (Wildman–Crippen LogP) is 4.05.